The minimum Gasteiger partial charge on any atom is -0.459 e. The van der Waals surface area contributed by atoms with Gasteiger partial charge in [-0.3, -0.25) is 24.0 Å². The minimum atomic E-state index is -1.95. The number of esters is 5. The first-order chi connectivity index (χ1) is 19.0. The molecular formula is C28H33ClO12. The first kappa shape index (κ1) is 30.7. The van der Waals surface area contributed by atoms with Gasteiger partial charge in [-0.1, -0.05) is 25.2 Å². The van der Waals surface area contributed by atoms with Crippen molar-refractivity contribution in [1.82, 2.24) is 0 Å². The summed E-state index contributed by atoms with van der Waals surface area (Å²) >= 11 is 6.84. The first-order valence-corrected chi connectivity index (χ1v) is 13.6. The molecule has 4 aliphatic rings. The molecule has 224 valence electrons. The van der Waals surface area contributed by atoms with E-state index in [1.165, 1.54) is 32.9 Å². The van der Waals surface area contributed by atoms with Gasteiger partial charge in [-0.2, -0.15) is 0 Å². The second kappa shape index (κ2) is 10.5. The number of ketones is 1. The van der Waals surface area contributed by atoms with Crippen molar-refractivity contribution in [2.75, 3.05) is 6.61 Å². The van der Waals surface area contributed by atoms with Gasteiger partial charge < -0.3 is 28.4 Å². The highest BCUT2D eigenvalue weighted by Crippen LogP contribution is 2.62. The lowest BCUT2D eigenvalue weighted by molar-refractivity contribution is -0.320. The van der Waals surface area contributed by atoms with Gasteiger partial charge in [-0.05, 0) is 19.9 Å². The first-order valence-electron chi connectivity index (χ1n) is 13.1. The number of carbonyl (C=O) groups excluding carboxylic acids is 6. The number of ether oxygens (including phenoxy) is 6. The maximum Gasteiger partial charge on any atom is 0.344 e. The highest BCUT2D eigenvalue weighted by molar-refractivity contribution is 6.23. The normalized spacial score (nSPS) is 41.1. The molecule has 0 radical (unpaired) electrons. The number of halogens is 1. The molecule has 3 fully saturated rings. The molecule has 2 bridgehead atoms. The Morgan fingerprint density at radius 2 is 1.71 bits per heavy atom. The van der Waals surface area contributed by atoms with Crippen molar-refractivity contribution in [2.24, 2.45) is 17.3 Å². The van der Waals surface area contributed by atoms with E-state index in [1.54, 1.807) is 6.92 Å². The lowest BCUT2D eigenvalue weighted by Crippen LogP contribution is -2.77. The summed E-state index contributed by atoms with van der Waals surface area (Å²) in [5.74, 6) is -6.90. The molecule has 1 spiro atoms. The maximum atomic E-state index is 13.5. The quantitative estimate of drug-likeness (QED) is 0.196. The number of hydrogen-bond acceptors (Lipinski definition) is 12. The van der Waals surface area contributed by atoms with Crippen molar-refractivity contribution in [3.05, 3.63) is 24.3 Å². The van der Waals surface area contributed by atoms with E-state index < -0.39 is 100 Å². The average molecular weight is 597 g/mol. The van der Waals surface area contributed by atoms with Gasteiger partial charge in [0.2, 0.25) is 0 Å². The fourth-order valence-electron chi connectivity index (χ4n) is 6.84. The van der Waals surface area contributed by atoms with Crippen molar-refractivity contribution >= 4 is 47.2 Å². The summed E-state index contributed by atoms with van der Waals surface area (Å²) in [6, 6.07) is 0. The predicted molar refractivity (Wildman–Crippen MR) is 138 cm³/mol. The van der Waals surface area contributed by atoms with Crippen LogP contribution in [-0.2, 0) is 57.2 Å². The van der Waals surface area contributed by atoms with Crippen LogP contribution in [0, 0.1) is 17.3 Å². The summed E-state index contributed by atoms with van der Waals surface area (Å²) in [5.41, 5.74) is -4.77. The standard InChI is InChI=1S/C28H33ClO12/c1-12-10-17(37-15(4)31)22-26(6)9-8-18(33)27(7,40-16(5)32)21(26)24(38-19(34)11-36-14(3)30)28(41-22)13(2)25(35)39-23(28)20(12)29/h8-9,13,17,20-24H,1,10-11H2,2-7H3/t13-,17+,20-,21+,22+,23-,24-,26-,27+,28-/m0/s1. The predicted octanol–water partition coefficient (Wildman–Crippen LogP) is 1.74. The molecule has 12 nitrogen and oxygen atoms in total. The minimum absolute atomic E-state index is 0.0161. The van der Waals surface area contributed by atoms with Crippen LogP contribution in [0.4, 0.5) is 0 Å². The van der Waals surface area contributed by atoms with E-state index >= 15 is 0 Å². The van der Waals surface area contributed by atoms with Crippen molar-refractivity contribution in [3.8, 4) is 0 Å². The van der Waals surface area contributed by atoms with Gasteiger partial charge in [0, 0.05) is 32.6 Å². The van der Waals surface area contributed by atoms with Crippen LogP contribution in [0.5, 0.6) is 0 Å². The molecule has 0 unspecified atom stereocenters. The van der Waals surface area contributed by atoms with Crippen LogP contribution in [-0.4, -0.2) is 83.2 Å². The number of alkyl halides is 1. The Morgan fingerprint density at radius 3 is 2.29 bits per heavy atom. The molecule has 3 aliphatic heterocycles. The summed E-state index contributed by atoms with van der Waals surface area (Å²) in [6.45, 7) is 11.3. The fraction of sp³-hybridized carbons (Fsp3) is 0.643. The lowest BCUT2D eigenvalue weighted by atomic mass is 9.52. The Bertz CT molecular complexity index is 1240. The van der Waals surface area contributed by atoms with Crippen molar-refractivity contribution in [1.29, 1.82) is 0 Å². The maximum absolute atomic E-state index is 13.5. The van der Waals surface area contributed by atoms with Gasteiger partial charge in [0.1, 0.15) is 18.3 Å². The third kappa shape index (κ3) is 4.84. The SMILES string of the molecule is C=C1C[C@@H](OC(C)=O)[C@H]2O[C@]3([C@@H](C)C(=O)O[C@H]3[C@H]1Cl)[C@@H](OC(=O)COC(C)=O)[C@@H]1[C@]2(C)C=CC(=O)[C@@]1(C)OC(C)=O. The Balaban J connectivity index is 2.03. The summed E-state index contributed by atoms with van der Waals surface area (Å²) in [6.07, 6.45) is -2.13. The van der Waals surface area contributed by atoms with Crippen molar-refractivity contribution in [3.63, 3.8) is 0 Å². The highest BCUT2D eigenvalue weighted by Gasteiger charge is 2.77. The van der Waals surface area contributed by atoms with E-state index in [2.05, 4.69) is 6.58 Å². The molecule has 41 heavy (non-hydrogen) atoms. The molecule has 3 saturated heterocycles. The third-order valence-electron chi connectivity index (χ3n) is 8.54. The van der Waals surface area contributed by atoms with Crippen molar-refractivity contribution < 1.29 is 57.2 Å². The van der Waals surface area contributed by atoms with Crippen LogP contribution >= 0.6 is 11.6 Å². The van der Waals surface area contributed by atoms with Crippen LogP contribution in [0.1, 0.15) is 48.0 Å². The van der Waals surface area contributed by atoms with Crippen LogP contribution in [0.2, 0.25) is 0 Å². The number of carbonyl (C=O) groups is 6. The number of rotatable bonds is 5. The summed E-state index contributed by atoms with van der Waals surface area (Å²) in [5, 5.41) is -1.10. The van der Waals surface area contributed by atoms with Gasteiger partial charge in [0.05, 0.1) is 17.2 Å². The molecule has 0 aromatic carbocycles. The lowest BCUT2D eigenvalue weighted by Gasteiger charge is -2.63. The largest absolute Gasteiger partial charge is 0.459 e. The topological polar surface area (TPSA) is 158 Å². The van der Waals surface area contributed by atoms with Crippen LogP contribution in [0.25, 0.3) is 0 Å². The molecule has 0 saturated carbocycles. The zero-order valence-electron chi connectivity index (χ0n) is 23.6. The molecule has 0 aromatic rings. The highest BCUT2D eigenvalue weighted by atomic mass is 35.5. The van der Waals surface area contributed by atoms with E-state index in [9.17, 15) is 28.8 Å². The third-order valence-corrected chi connectivity index (χ3v) is 9.08. The van der Waals surface area contributed by atoms with Gasteiger partial charge in [0.25, 0.3) is 0 Å². The Morgan fingerprint density at radius 1 is 1.05 bits per heavy atom. The molecule has 10 atom stereocenters. The molecule has 3 heterocycles. The van der Waals surface area contributed by atoms with E-state index in [4.69, 9.17) is 40.0 Å². The zero-order valence-corrected chi connectivity index (χ0v) is 24.4. The van der Waals surface area contributed by atoms with Gasteiger partial charge in [-0.25, -0.2) is 4.79 Å². The van der Waals surface area contributed by atoms with Crippen LogP contribution < -0.4 is 0 Å². The average Bonchev–Trinajstić information content (AvgIpc) is 3.10. The second-order valence-electron chi connectivity index (χ2n) is 11.3. The summed E-state index contributed by atoms with van der Waals surface area (Å²) < 4.78 is 34.7. The van der Waals surface area contributed by atoms with E-state index in [1.807, 2.05) is 0 Å². The monoisotopic (exact) mass is 596 g/mol. The molecule has 0 amide bonds. The molecule has 4 rings (SSSR count). The second-order valence-corrected chi connectivity index (χ2v) is 11.8. The van der Waals surface area contributed by atoms with E-state index in [0.717, 1.165) is 13.8 Å². The Hall–Kier alpha value is -3.25. The molecule has 0 aromatic heterocycles. The molecule has 13 heteroatoms. The molecule has 1 aliphatic carbocycles. The van der Waals surface area contributed by atoms with E-state index in [0.29, 0.717) is 5.57 Å². The zero-order chi connectivity index (χ0) is 30.7. The smallest absolute Gasteiger partial charge is 0.344 e. The fourth-order valence-corrected chi connectivity index (χ4v) is 7.18. The van der Waals surface area contributed by atoms with Crippen molar-refractivity contribution in [2.45, 2.75) is 89.0 Å². The van der Waals surface area contributed by atoms with Gasteiger partial charge in [-0.15, -0.1) is 11.6 Å². The van der Waals surface area contributed by atoms with E-state index in [-0.39, 0.29) is 6.42 Å². The Labute approximate surface area is 241 Å². The summed E-state index contributed by atoms with van der Waals surface area (Å²) in [4.78, 5) is 76.0. The van der Waals surface area contributed by atoms with Crippen LogP contribution in [0.15, 0.2) is 24.3 Å². The molecule has 0 N–H and O–H groups in total. The molecular weight excluding hydrogens is 564 g/mol. The van der Waals surface area contributed by atoms with Gasteiger partial charge >= 0.3 is 29.8 Å². The number of fused-ring (bicyclic) bond motifs is 3. The Kier molecular flexibility index (Phi) is 7.89. The van der Waals surface area contributed by atoms with Gasteiger partial charge in [0.15, 0.2) is 29.7 Å². The number of hydrogen-bond donors (Lipinski definition) is 0. The summed E-state index contributed by atoms with van der Waals surface area (Å²) in [7, 11) is 0. The van der Waals surface area contributed by atoms with Crippen LogP contribution in [0.3, 0.4) is 0 Å².